The number of carbonyl (C=O) groups is 1. The minimum absolute atomic E-state index is 0.302. The van der Waals surface area contributed by atoms with Crippen LogP contribution in [0.15, 0.2) is 43.0 Å². The van der Waals surface area contributed by atoms with Gasteiger partial charge in [-0.1, -0.05) is 30.3 Å². The van der Waals surface area contributed by atoms with Gasteiger partial charge < -0.3 is 31.1 Å². The van der Waals surface area contributed by atoms with Crippen LogP contribution < -0.4 is 11.1 Å². The Morgan fingerprint density at radius 3 is 2.76 bits per heavy atom. The maximum absolute atomic E-state index is 10.8. The summed E-state index contributed by atoms with van der Waals surface area (Å²) in [4.78, 5) is 23.8. The fourth-order valence-electron chi connectivity index (χ4n) is 3.58. The number of hydrogen-bond donors (Lipinski definition) is 5. The maximum Gasteiger partial charge on any atom is 0.320 e. The first kappa shape index (κ1) is 23.4. The number of aromatic nitrogens is 4. The van der Waals surface area contributed by atoms with Crippen molar-refractivity contribution in [2.24, 2.45) is 5.73 Å². The van der Waals surface area contributed by atoms with E-state index in [0.717, 1.165) is 5.56 Å². The number of rotatable bonds is 10. The molecule has 1 aromatic carbocycles. The summed E-state index contributed by atoms with van der Waals surface area (Å²) >= 11 is 1.41. The van der Waals surface area contributed by atoms with Gasteiger partial charge in [-0.25, -0.2) is 15.0 Å². The Kier molecular flexibility index (Phi) is 7.40. The van der Waals surface area contributed by atoms with E-state index >= 15 is 0 Å². The molecule has 5 atom stereocenters. The van der Waals surface area contributed by atoms with Crippen molar-refractivity contribution in [1.29, 1.82) is 0 Å². The lowest BCUT2D eigenvalue weighted by Gasteiger charge is -2.16. The molecule has 6 N–H and O–H groups in total. The van der Waals surface area contributed by atoms with E-state index in [1.54, 1.807) is 4.57 Å². The van der Waals surface area contributed by atoms with E-state index in [0.29, 0.717) is 41.5 Å². The summed E-state index contributed by atoms with van der Waals surface area (Å²) in [6.07, 6.45) is -0.564. The van der Waals surface area contributed by atoms with Crippen LogP contribution in [0.4, 0.5) is 5.82 Å². The first-order valence-electron chi connectivity index (χ1n) is 10.5. The second-order valence-corrected chi connectivity index (χ2v) is 8.89. The van der Waals surface area contributed by atoms with E-state index in [4.69, 9.17) is 15.6 Å². The number of carboxylic acids is 1. The van der Waals surface area contributed by atoms with Gasteiger partial charge >= 0.3 is 5.97 Å². The van der Waals surface area contributed by atoms with Gasteiger partial charge in [0.25, 0.3) is 0 Å². The first-order chi connectivity index (χ1) is 16.0. The number of imidazole rings is 1. The van der Waals surface area contributed by atoms with Crippen LogP contribution >= 0.6 is 11.8 Å². The molecule has 0 spiro atoms. The number of aliphatic hydroxyl groups excluding tert-OH is 2. The normalized spacial score (nSPS) is 23.6. The zero-order valence-corrected chi connectivity index (χ0v) is 18.5. The third-order valence-corrected chi connectivity index (χ3v) is 6.53. The van der Waals surface area contributed by atoms with Gasteiger partial charge in [-0.2, -0.15) is 11.8 Å². The Labute approximate surface area is 194 Å². The number of anilines is 1. The maximum atomic E-state index is 10.8. The summed E-state index contributed by atoms with van der Waals surface area (Å²) in [5.74, 6) is 0.387. The molecule has 1 aliphatic heterocycles. The Bertz CT molecular complexity index is 1080. The number of ether oxygens (including phenoxy) is 1. The SMILES string of the molecule is NC(CCSCC1OC(n2cnc3c(NCc4ccccc4)ncnc32)C(O)C1O)C(=O)O. The Morgan fingerprint density at radius 1 is 1.21 bits per heavy atom. The third-order valence-electron chi connectivity index (χ3n) is 5.45. The molecule has 33 heavy (non-hydrogen) atoms. The zero-order chi connectivity index (χ0) is 23.4. The average Bonchev–Trinajstić information content (AvgIpc) is 3.37. The van der Waals surface area contributed by atoms with Crippen molar-refractivity contribution >= 4 is 34.7 Å². The van der Waals surface area contributed by atoms with Crippen molar-refractivity contribution in [3.05, 3.63) is 48.5 Å². The molecule has 0 radical (unpaired) electrons. The van der Waals surface area contributed by atoms with Gasteiger partial charge in [-0.15, -0.1) is 0 Å². The summed E-state index contributed by atoms with van der Waals surface area (Å²) in [7, 11) is 0. The molecule has 2 aromatic heterocycles. The number of aliphatic hydroxyl groups is 2. The van der Waals surface area contributed by atoms with Crippen LogP contribution in [0.5, 0.6) is 0 Å². The van der Waals surface area contributed by atoms with Gasteiger partial charge in [-0.3, -0.25) is 9.36 Å². The van der Waals surface area contributed by atoms with Gasteiger partial charge in [0, 0.05) is 12.3 Å². The predicted molar refractivity (Wildman–Crippen MR) is 123 cm³/mol. The minimum Gasteiger partial charge on any atom is -0.480 e. The van der Waals surface area contributed by atoms with Crippen molar-refractivity contribution < 1.29 is 24.9 Å². The van der Waals surface area contributed by atoms with E-state index in [1.807, 2.05) is 30.3 Å². The highest BCUT2D eigenvalue weighted by atomic mass is 32.2. The van der Waals surface area contributed by atoms with Crippen LogP contribution in [0.1, 0.15) is 18.2 Å². The van der Waals surface area contributed by atoms with Gasteiger partial charge in [0.15, 0.2) is 23.2 Å². The highest BCUT2D eigenvalue weighted by Crippen LogP contribution is 2.33. The van der Waals surface area contributed by atoms with E-state index in [9.17, 15) is 15.0 Å². The number of thioether (sulfide) groups is 1. The minimum atomic E-state index is -1.18. The largest absolute Gasteiger partial charge is 0.480 e. The summed E-state index contributed by atoms with van der Waals surface area (Å²) in [6, 6.07) is 8.95. The molecule has 3 aromatic rings. The van der Waals surface area contributed by atoms with E-state index < -0.39 is 36.6 Å². The lowest BCUT2D eigenvalue weighted by Crippen LogP contribution is -2.33. The fraction of sp³-hybridized carbons (Fsp3) is 0.429. The van der Waals surface area contributed by atoms with E-state index in [2.05, 4.69) is 20.3 Å². The molecule has 1 fully saturated rings. The van der Waals surface area contributed by atoms with Gasteiger partial charge in [-0.05, 0) is 17.7 Å². The molecule has 0 amide bonds. The molecule has 0 saturated carbocycles. The lowest BCUT2D eigenvalue weighted by atomic mass is 10.1. The lowest BCUT2D eigenvalue weighted by molar-refractivity contribution is -0.138. The molecule has 1 aliphatic rings. The quantitative estimate of drug-likeness (QED) is 0.261. The molecular formula is C21H26N6O5S. The number of fused-ring (bicyclic) bond motifs is 1. The molecule has 1 saturated heterocycles. The van der Waals surface area contributed by atoms with Crippen molar-refractivity contribution in [1.82, 2.24) is 19.5 Å². The van der Waals surface area contributed by atoms with E-state index in [-0.39, 0.29) is 0 Å². The fourth-order valence-corrected chi connectivity index (χ4v) is 4.67. The molecule has 11 nitrogen and oxygen atoms in total. The molecular weight excluding hydrogens is 448 g/mol. The van der Waals surface area contributed by atoms with Crippen LogP contribution in [0.25, 0.3) is 11.2 Å². The van der Waals surface area contributed by atoms with Crippen LogP contribution in [-0.4, -0.2) is 76.7 Å². The molecule has 12 heteroatoms. The van der Waals surface area contributed by atoms with Crippen molar-refractivity contribution in [3.8, 4) is 0 Å². The van der Waals surface area contributed by atoms with Gasteiger partial charge in [0.05, 0.1) is 12.4 Å². The highest BCUT2D eigenvalue weighted by molar-refractivity contribution is 7.99. The molecule has 3 heterocycles. The molecule has 0 bridgehead atoms. The average molecular weight is 475 g/mol. The van der Waals surface area contributed by atoms with Crippen LogP contribution in [0, 0.1) is 0 Å². The van der Waals surface area contributed by atoms with Crippen molar-refractivity contribution in [2.45, 2.75) is 43.5 Å². The number of aliphatic carboxylic acids is 1. The van der Waals surface area contributed by atoms with Crippen molar-refractivity contribution in [3.63, 3.8) is 0 Å². The number of nitrogens with two attached hydrogens (primary N) is 1. The van der Waals surface area contributed by atoms with Gasteiger partial charge in [0.1, 0.15) is 24.6 Å². The summed E-state index contributed by atoms with van der Waals surface area (Å²) in [5.41, 5.74) is 7.59. The predicted octanol–water partition coefficient (Wildman–Crippen LogP) is 0.593. The second-order valence-electron chi connectivity index (χ2n) is 7.74. The number of nitrogens with zero attached hydrogens (tertiary/aromatic N) is 4. The Hall–Kier alpha value is -2.77. The molecule has 4 rings (SSSR count). The highest BCUT2D eigenvalue weighted by Gasteiger charge is 2.44. The van der Waals surface area contributed by atoms with Crippen LogP contribution in [-0.2, 0) is 16.1 Å². The number of hydrogen-bond acceptors (Lipinski definition) is 10. The first-order valence-corrected chi connectivity index (χ1v) is 11.6. The topological polar surface area (TPSA) is 169 Å². The Morgan fingerprint density at radius 2 is 2.00 bits per heavy atom. The van der Waals surface area contributed by atoms with Gasteiger partial charge in [0.2, 0.25) is 0 Å². The summed E-state index contributed by atoms with van der Waals surface area (Å²) < 4.78 is 7.52. The number of nitrogens with one attached hydrogen (secondary N) is 1. The standard InChI is InChI=1S/C21H26N6O5S/c22-13(21(30)31)6-7-33-9-14-16(28)17(29)20(32-14)27-11-26-15-18(24-10-25-19(15)27)23-8-12-4-2-1-3-5-12/h1-5,10-11,13-14,16-17,20,28-29H,6-9,22H2,(H,30,31)(H,23,24,25). The van der Waals surface area contributed by atoms with Crippen LogP contribution in [0.3, 0.4) is 0 Å². The van der Waals surface area contributed by atoms with Crippen LogP contribution in [0.2, 0.25) is 0 Å². The second kappa shape index (κ2) is 10.4. The van der Waals surface area contributed by atoms with E-state index in [1.165, 1.54) is 24.4 Å². The zero-order valence-electron chi connectivity index (χ0n) is 17.7. The molecule has 176 valence electrons. The monoisotopic (exact) mass is 474 g/mol. The smallest absolute Gasteiger partial charge is 0.320 e. The molecule has 0 aliphatic carbocycles. The number of benzene rings is 1. The van der Waals surface area contributed by atoms with Crippen molar-refractivity contribution in [2.75, 3.05) is 16.8 Å². The summed E-state index contributed by atoms with van der Waals surface area (Å²) in [6.45, 7) is 0.561. The summed E-state index contributed by atoms with van der Waals surface area (Å²) in [5, 5.41) is 33.2. The number of carboxylic acid groups (broad SMARTS) is 1. The molecule has 5 unspecified atom stereocenters. The third kappa shape index (κ3) is 5.25. The Balaban J connectivity index is 1.42.